The number of ether oxygens (including phenoxy) is 1. The lowest BCUT2D eigenvalue weighted by Crippen LogP contribution is -2.11. The summed E-state index contributed by atoms with van der Waals surface area (Å²) in [6, 6.07) is 5.80. The molecule has 0 aromatic heterocycles. The fourth-order valence-electron chi connectivity index (χ4n) is 1.49. The van der Waals surface area contributed by atoms with Crippen LogP contribution in [0.3, 0.4) is 0 Å². The smallest absolute Gasteiger partial charge is 0.316 e. The van der Waals surface area contributed by atoms with E-state index in [0.717, 1.165) is 16.2 Å². The van der Waals surface area contributed by atoms with Gasteiger partial charge in [-0.05, 0) is 36.6 Å². The summed E-state index contributed by atoms with van der Waals surface area (Å²) < 4.78 is 5.29. The van der Waals surface area contributed by atoms with Crippen molar-refractivity contribution in [3.63, 3.8) is 0 Å². The van der Waals surface area contributed by atoms with Crippen LogP contribution < -0.4 is 4.74 Å². The maximum Gasteiger partial charge on any atom is 0.316 e. The Bertz CT molecular complexity index is 402. The van der Waals surface area contributed by atoms with Crippen LogP contribution in [-0.2, 0) is 4.79 Å². The number of hydrogen-bond donors (Lipinski definition) is 1. The number of carboxylic acid groups (broad SMARTS) is 1. The van der Waals surface area contributed by atoms with Gasteiger partial charge in [0.2, 0.25) is 0 Å². The molecule has 4 heteroatoms. The van der Waals surface area contributed by atoms with Gasteiger partial charge >= 0.3 is 5.97 Å². The molecule has 17 heavy (non-hydrogen) atoms. The molecule has 1 atom stereocenters. The Labute approximate surface area is 106 Å². The molecule has 0 aliphatic rings. The van der Waals surface area contributed by atoms with Crippen LogP contribution in [0.15, 0.2) is 23.1 Å². The molecule has 0 aliphatic carbocycles. The van der Waals surface area contributed by atoms with E-state index in [9.17, 15) is 4.79 Å². The van der Waals surface area contributed by atoms with E-state index in [1.54, 1.807) is 14.0 Å². The van der Waals surface area contributed by atoms with Gasteiger partial charge in [-0.3, -0.25) is 4.79 Å². The number of carboxylic acids is 1. The first-order valence-electron chi connectivity index (χ1n) is 5.53. The van der Waals surface area contributed by atoms with Gasteiger partial charge in [-0.1, -0.05) is 13.8 Å². The van der Waals surface area contributed by atoms with E-state index in [-0.39, 0.29) is 0 Å². The minimum absolute atomic E-state index is 0.352. The molecule has 1 N–H and O–H groups in total. The number of rotatable bonds is 5. The van der Waals surface area contributed by atoms with Crippen LogP contribution in [0.4, 0.5) is 0 Å². The van der Waals surface area contributed by atoms with Crippen LogP contribution in [-0.4, -0.2) is 23.4 Å². The second-order valence-corrected chi connectivity index (χ2v) is 5.57. The van der Waals surface area contributed by atoms with Crippen molar-refractivity contribution in [1.82, 2.24) is 0 Å². The number of carbonyl (C=O) groups is 1. The first-order chi connectivity index (χ1) is 7.95. The molecule has 1 rings (SSSR count). The maximum absolute atomic E-state index is 10.8. The van der Waals surface area contributed by atoms with E-state index in [0.29, 0.717) is 5.92 Å². The van der Waals surface area contributed by atoms with Gasteiger partial charge in [0.1, 0.15) is 11.0 Å². The van der Waals surface area contributed by atoms with Crippen molar-refractivity contribution >= 4 is 17.7 Å². The van der Waals surface area contributed by atoms with Gasteiger partial charge in [0, 0.05) is 4.90 Å². The summed E-state index contributed by atoms with van der Waals surface area (Å²) in [6.07, 6.45) is 0. The van der Waals surface area contributed by atoms with Gasteiger partial charge in [-0.15, -0.1) is 11.8 Å². The number of benzene rings is 1. The van der Waals surface area contributed by atoms with Crippen LogP contribution in [0.5, 0.6) is 5.75 Å². The fraction of sp³-hybridized carbons (Fsp3) is 0.462. The van der Waals surface area contributed by atoms with E-state index >= 15 is 0 Å². The first-order valence-corrected chi connectivity index (χ1v) is 6.41. The van der Waals surface area contributed by atoms with Crippen molar-refractivity contribution in [2.24, 2.45) is 0 Å². The highest BCUT2D eigenvalue weighted by Crippen LogP contribution is 2.32. The van der Waals surface area contributed by atoms with Crippen LogP contribution in [0, 0.1) is 0 Å². The van der Waals surface area contributed by atoms with Gasteiger partial charge in [-0.2, -0.15) is 0 Å². The maximum atomic E-state index is 10.8. The first kappa shape index (κ1) is 13.9. The third-order valence-corrected chi connectivity index (χ3v) is 3.57. The Balaban J connectivity index is 2.96. The predicted molar refractivity (Wildman–Crippen MR) is 70.0 cm³/mol. The van der Waals surface area contributed by atoms with E-state index in [4.69, 9.17) is 9.84 Å². The number of aliphatic carboxylic acids is 1. The van der Waals surface area contributed by atoms with Crippen molar-refractivity contribution in [2.45, 2.75) is 36.8 Å². The number of methoxy groups -OCH3 is 1. The summed E-state index contributed by atoms with van der Waals surface area (Å²) in [6.45, 7) is 5.87. The molecule has 0 saturated heterocycles. The minimum atomic E-state index is -0.795. The van der Waals surface area contributed by atoms with Crippen molar-refractivity contribution in [1.29, 1.82) is 0 Å². The fourth-order valence-corrected chi connectivity index (χ4v) is 2.34. The van der Waals surface area contributed by atoms with Crippen LogP contribution in [0.1, 0.15) is 32.3 Å². The molecule has 0 heterocycles. The van der Waals surface area contributed by atoms with Gasteiger partial charge in [0.15, 0.2) is 0 Å². The molecule has 0 spiro atoms. The van der Waals surface area contributed by atoms with Crippen LogP contribution in [0.2, 0.25) is 0 Å². The van der Waals surface area contributed by atoms with E-state index < -0.39 is 11.2 Å². The van der Waals surface area contributed by atoms with Gasteiger partial charge in [0.25, 0.3) is 0 Å². The third-order valence-electron chi connectivity index (χ3n) is 2.48. The second kappa shape index (κ2) is 5.96. The molecule has 1 unspecified atom stereocenters. The van der Waals surface area contributed by atoms with E-state index in [1.807, 2.05) is 18.2 Å². The molecule has 3 nitrogen and oxygen atoms in total. The van der Waals surface area contributed by atoms with Crippen molar-refractivity contribution < 1.29 is 14.6 Å². The van der Waals surface area contributed by atoms with E-state index in [1.165, 1.54) is 11.8 Å². The lowest BCUT2D eigenvalue weighted by Gasteiger charge is -2.14. The second-order valence-electron chi connectivity index (χ2n) is 4.16. The zero-order valence-electron chi connectivity index (χ0n) is 10.6. The molecule has 0 saturated carbocycles. The van der Waals surface area contributed by atoms with Crippen molar-refractivity contribution in [3.8, 4) is 5.75 Å². The molecular weight excluding hydrogens is 236 g/mol. The highest BCUT2D eigenvalue weighted by Gasteiger charge is 2.14. The quantitative estimate of drug-likeness (QED) is 0.818. The van der Waals surface area contributed by atoms with E-state index in [2.05, 4.69) is 13.8 Å². The Hall–Kier alpha value is -1.16. The summed E-state index contributed by atoms with van der Waals surface area (Å²) in [5.41, 5.74) is 1.11. The number of thioether (sulfide) groups is 1. The lowest BCUT2D eigenvalue weighted by atomic mass is 10.0. The van der Waals surface area contributed by atoms with Gasteiger partial charge < -0.3 is 9.84 Å². The Kier molecular flexibility index (Phi) is 4.87. The Morgan fingerprint density at radius 1 is 1.35 bits per heavy atom. The largest absolute Gasteiger partial charge is 0.496 e. The summed E-state index contributed by atoms with van der Waals surface area (Å²) in [7, 11) is 1.65. The Morgan fingerprint density at radius 2 is 2.00 bits per heavy atom. The summed E-state index contributed by atoms with van der Waals surface area (Å²) in [5.74, 6) is 0.412. The summed E-state index contributed by atoms with van der Waals surface area (Å²) in [5, 5.41) is 8.44. The topological polar surface area (TPSA) is 46.5 Å². The number of hydrogen-bond acceptors (Lipinski definition) is 3. The average molecular weight is 254 g/mol. The monoisotopic (exact) mass is 254 g/mol. The molecule has 0 fully saturated rings. The molecule has 0 bridgehead atoms. The molecule has 0 aliphatic heterocycles. The minimum Gasteiger partial charge on any atom is -0.496 e. The lowest BCUT2D eigenvalue weighted by molar-refractivity contribution is -0.136. The molecule has 94 valence electrons. The molecular formula is C13H18O3S. The third kappa shape index (κ3) is 3.66. The van der Waals surface area contributed by atoms with Crippen LogP contribution >= 0.6 is 11.8 Å². The SMILES string of the molecule is COc1ccc(SC(C)C(=O)O)cc1C(C)C. The predicted octanol–water partition coefficient (Wildman–Crippen LogP) is 3.38. The highest BCUT2D eigenvalue weighted by atomic mass is 32.2. The van der Waals surface area contributed by atoms with Crippen molar-refractivity contribution in [3.05, 3.63) is 23.8 Å². The van der Waals surface area contributed by atoms with Gasteiger partial charge in [0.05, 0.1) is 7.11 Å². The molecule has 0 amide bonds. The van der Waals surface area contributed by atoms with Gasteiger partial charge in [-0.25, -0.2) is 0 Å². The zero-order valence-corrected chi connectivity index (χ0v) is 11.4. The standard InChI is InChI=1S/C13H18O3S/c1-8(2)11-7-10(5-6-12(11)16-4)17-9(3)13(14)15/h5-9H,1-4H3,(H,14,15). The summed E-state index contributed by atoms with van der Waals surface area (Å²) >= 11 is 1.35. The average Bonchev–Trinajstić information content (AvgIpc) is 2.28. The molecule has 1 aromatic rings. The Morgan fingerprint density at radius 3 is 2.47 bits per heavy atom. The van der Waals surface area contributed by atoms with Crippen molar-refractivity contribution in [2.75, 3.05) is 7.11 Å². The molecule has 0 radical (unpaired) electrons. The zero-order chi connectivity index (χ0) is 13.0. The molecule has 1 aromatic carbocycles. The van der Waals surface area contributed by atoms with Crippen LogP contribution in [0.25, 0.3) is 0 Å². The summed E-state index contributed by atoms with van der Waals surface area (Å²) in [4.78, 5) is 11.8. The normalized spacial score (nSPS) is 12.5. The highest BCUT2D eigenvalue weighted by molar-refractivity contribution is 8.00.